The van der Waals surface area contributed by atoms with Crippen LogP contribution in [-0.2, 0) is 0 Å². The summed E-state index contributed by atoms with van der Waals surface area (Å²) in [6.07, 6.45) is 19.4. The predicted octanol–water partition coefficient (Wildman–Crippen LogP) is 6.99. The molecular weight excluding hydrogens is 352 g/mol. The number of allylic oxidation sites excluding steroid dienone is 5. The number of piperidine rings is 1. The second-order valence-electron chi connectivity index (χ2n) is 9.95. The molecule has 2 heteroatoms. The van der Waals surface area contributed by atoms with Crippen LogP contribution in [0.3, 0.4) is 0 Å². The molecule has 1 heterocycles. The minimum Gasteiger partial charge on any atom is -0.303 e. The predicted molar refractivity (Wildman–Crippen MR) is 128 cm³/mol. The molecule has 0 saturated carbocycles. The summed E-state index contributed by atoms with van der Waals surface area (Å²) < 4.78 is 0. The van der Waals surface area contributed by atoms with Gasteiger partial charge in [0.2, 0.25) is 0 Å². The maximum absolute atomic E-state index is 4.39. The topological polar surface area (TPSA) is 15.6 Å². The smallest absolute Gasteiger partial charge is 0.0276 e. The zero-order chi connectivity index (χ0) is 20.6. The fourth-order valence-electron chi connectivity index (χ4n) is 5.60. The highest BCUT2D eigenvalue weighted by atomic mass is 15.1. The maximum Gasteiger partial charge on any atom is 0.0276 e. The van der Waals surface area contributed by atoms with Crippen molar-refractivity contribution < 1.29 is 0 Å². The lowest BCUT2D eigenvalue weighted by Crippen LogP contribution is -2.33. The highest BCUT2D eigenvalue weighted by molar-refractivity contribution is 5.84. The standard InChI is InChI=1S/C27H44N2/c1-21-15-18-29(19-16-21)17-6-5-8-25-9-7-10-26-12-11-24(13-14-27(25)26)22(2)20-23(3)28-4/h9,13,21,26-27H,2,5-8,10-12,14-20H2,1,3-4H3/b28-23-. The maximum atomic E-state index is 4.39. The Morgan fingerprint density at radius 1 is 1.14 bits per heavy atom. The van der Waals surface area contributed by atoms with Gasteiger partial charge in [-0.25, -0.2) is 0 Å². The molecule has 162 valence electrons. The summed E-state index contributed by atoms with van der Waals surface area (Å²) in [6, 6.07) is 0. The Hall–Kier alpha value is -1.15. The van der Waals surface area contributed by atoms with E-state index in [4.69, 9.17) is 0 Å². The largest absolute Gasteiger partial charge is 0.303 e. The normalized spacial score (nSPS) is 27.1. The quantitative estimate of drug-likeness (QED) is 0.245. The fourth-order valence-corrected chi connectivity index (χ4v) is 5.60. The van der Waals surface area contributed by atoms with Crippen molar-refractivity contribution in [3.05, 3.63) is 35.5 Å². The molecule has 2 atom stereocenters. The number of unbranched alkanes of at least 4 members (excludes halogenated alkanes) is 1. The molecule has 0 N–H and O–H groups in total. The van der Waals surface area contributed by atoms with Gasteiger partial charge in [0, 0.05) is 19.2 Å². The highest BCUT2D eigenvalue weighted by Crippen LogP contribution is 2.42. The van der Waals surface area contributed by atoms with Gasteiger partial charge in [-0.1, -0.05) is 31.2 Å². The zero-order valence-electron chi connectivity index (χ0n) is 19.4. The van der Waals surface area contributed by atoms with Gasteiger partial charge in [0.25, 0.3) is 0 Å². The lowest BCUT2D eigenvalue weighted by Gasteiger charge is -2.32. The minimum atomic E-state index is 0.797. The van der Waals surface area contributed by atoms with E-state index >= 15 is 0 Å². The lowest BCUT2D eigenvalue weighted by molar-refractivity contribution is 0.189. The number of nitrogens with zero attached hydrogens (tertiary/aromatic N) is 2. The third-order valence-electron chi connectivity index (χ3n) is 7.76. The first-order valence-corrected chi connectivity index (χ1v) is 12.3. The number of hydrogen-bond acceptors (Lipinski definition) is 2. The van der Waals surface area contributed by atoms with E-state index in [2.05, 4.69) is 42.5 Å². The van der Waals surface area contributed by atoms with E-state index in [0.717, 1.165) is 24.2 Å². The van der Waals surface area contributed by atoms with Crippen molar-refractivity contribution in [2.75, 3.05) is 26.7 Å². The van der Waals surface area contributed by atoms with E-state index in [1.807, 2.05) is 7.05 Å². The molecular formula is C27H44N2. The molecule has 0 aromatic carbocycles. The molecule has 29 heavy (non-hydrogen) atoms. The van der Waals surface area contributed by atoms with Crippen molar-refractivity contribution in [3.8, 4) is 0 Å². The average Bonchev–Trinajstić information content (AvgIpc) is 2.95. The SMILES string of the molecule is C=C(C/C(C)=N\C)C1=CCC2C(CCCCN3CCC(C)CC3)=CCCC2CC1. The summed E-state index contributed by atoms with van der Waals surface area (Å²) in [7, 11) is 1.89. The third-order valence-corrected chi connectivity index (χ3v) is 7.76. The molecule has 0 amide bonds. The molecule has 2 unspecified atom stereocenters. The summed E-state index contributed by atoms with van der Waals surface area (Å²) >= 11 is 0. The molecule has 1 fully saturated rings. The summed E-state index contributed by atoms with van der Waals surface area (Å²) in [5, 5.41) is 0. The van der Waals surface area contributed by atoms with Crippen LogP contribution >= 0.6 is 0 Å². The van der Waals surface area contributed by atoms with E-state index in [0.29, 0.717) is 0 Å². The average molecular weight is 397 g/mol. The summed E-state index contributed by atoms with van der Waals surface area (Å²) in [5.41, 5.74) is 5.79. The van der Waals surface area contributed by atoms with E-state index < -0.39 is 0 Å². The second-order valence-corrected chi connectivity index (χ2v) is 9.95. The van der Waals surface area contributed by atoms with Crippen LogP contribution in [-0.4, -0.2) is 37.3 Å². The Kier molecular flexibility index (Phi) is 8.78. The van der Waals surface area contributed by atoms with Gasteiger partial charge in [0.05, 0.1) is 0 Å². The van der Waals surface area contributed by atoms with Crippen molar-refractivity contribution in [3.63, 3.8) is 0 Å². The number of aliphatic imine (C=N–C) groups is 1. The second kappa shape index (κ2) is 11.3. The van der Waals surface area contributed by atoms with Gasteiger partial charge >= 0.3 is 0 Å². The van der Waals surface area contributed by atoms with Crippen LogP contribution in [0.5, 0.6) is 0 Å². The van der Waals surface area contributed by atoms with Crippen molar-refractivity contribution in [1.82, 2.24) is 4.90 Å². The molecule has 2 nitrogen and oxygen atoms in total. The fraction of sp³-hybridized carbons (Fsp3) is 0.741. The van der Waals surface area contributed by atoms with E-state index in [-0.39, 0.29) is 0 Å². The Morgan fingerprint density at radius 2 is 1.93 bits per heavy atom. The summed E-state index contributed by atoms with van der Waals surface area (Å²) in [6.45, 7) is 12.9. The minimum absolute atomic E-state index is 0.797. The number of fused-ring (bicyclic) bond motifs is 1. The Morgan fingerprint density at radius 3 is 2.69 bits per heavy atom. The zero-order valence-corrected chi connectivity index (χ0v) is 19.4. The first-order chi connectivity index (χ1) is 14.1. The number of likely N-dealkylation sites (tertiary alicyclic amines) is 1. The van der Waals surface area contributed by atoms with E-state index in [9.17, 15) is 0 Å². The van der Waals surface area contributed by atoms with Gasteiger partial charge in [0.15, 0.2) is 0 Å². The van der Waals surface area contributed by atoms with Crippen molar-refractivity contribution in [2.24, 2.45) is 22.7 Å². The van der Waals surface area contributed by atoms with E-state index in [1.165, 1.54) is 101 Å². The lowest BCUT2D eigenvalue weighted by atomic mass is 9.74. The van der Waals surface area contributed by atoms with Crippen LogP contribution < -0.4 is 0 Å². The molecule has 2 aliphatic carbocycles. The van der Waals surface area contributed by atoms with Crippen LogP contribution in [0.1, 0.15) is 84.5 Å². The molecule has 0 aromatic rings. The molecule has 0 radical (unpaired) electrons. The Bertz CT molecular complexity index is 631. The van der Waals surface area contributed by atoms with Crippen LogP contribution in [0, 0.1) is 17.8 Å². The van der Waals surface area contributed by atoms with Crippen molar-refractivity contribution in [2.45, 2.75) is 84.5 Å². The van der Waals surface area contributed by atoms with Crippen LogP contribution in [0.4, 0.5) is 0 Å². The molecule has 0 bridgehead atoms. The molecule has 1 saturated heterocycles. The van der Waals surface area contributed by atoms with Gasteiger partial charge in [-0.15, -0.1) is 0 Å². The first kappa shape index (κ1) is 22.5. The molecule has 0 spiro atoms. The van der Waals surface area contributed by atoms with E-state index in [1.54, 1.807) is 5.57 Å². The van der Waals surface area contributed by atoms with Gasteiger partial charge < -0.3 is 4.90 Å². The van der Waals surface area contributed by atoms with Crippen LogP contribution in [0.15, 0.2) is 40.4 Å². The third kappa shape index (κ3) is 6.67. The van der Waals surface area contributed by atoms with Crippen molar-refractivity contribution in [1.29, 1.82) is 0 Å². The van der Waals surface area contributed by atoms with Gasteiger partial charge in [-0.3, -0.25) is 4.99 Å². The van der Waals surface area contributed by atoms with Crippen molar-refractivity contribution >= 4 is 5.71 Å². The van der Waals surface area contributed by atoms with Gasteiger partial charge in [0.1, 0.15) is 0 Å². The van der Waals surface area contributed by atoms with Gasteiger partial charge in [-0.2, -0.15) is 0 Å². The number of hydrogen-bond donors (Lipinski definition) is 0. The molecule has 3 rings (SSSR count). The van der Waals surface area contributed by atoms with Gasteiger partial charge in [-0.05, 0) is 120 Å². The molecule has 1 aliphatic heterocycles. The number of rotatable bonds is 8. The Labute approximate surface area is 180 Å². The monoisotopic (exact) mass is 396 g/mol. The Balaban J connectivity index is 1.48. The first-order valence-electron chi connectivity index (χ1n) is 12.3. The summed E-state index contributed by atoms with van der Waals surface area (Å²) in [5.74, 6) is 2.63. The molecule has 3 aliphatic rings. The summed E-state index contributed by atoms with van der Waals surface area (Å²) in [4.78, 5) is 7.03. The highest BCUT2D eigenvalue weighted by Gasteiger charge is 2.29. The van der Waals surface area contributed by atoms with Crippen LogP contribution in [0.25, 0.3) is 0 Å². The van der Waals surface area contributed by atoms with Crippen LogP contribution in [0.2, 0.25) is 0 Å². The molecule has 0 aromatic heterocycles.